The van der Waals surface area contributed by atoms with E-state index in [0.717, 1.165) is 24.4 Å². The summed E-state index contributed by atoms with van der Waals surface area (Å²) in [5, 5.41) is 3.35. The van der Waals surface area contributed by atoms with Crippen molar-refractivity contribution < 1.29 is 0 Å². The number of hydrogen-bond donors (Lipinski definition) is 2. The number of aromatic amines is 1. The minimum absolute atomic E-state index is 0.541. The van der Waals surface area contributed by atoms with Crippen LogP contribution in [0.25, 0.3) is 11.2 Å². The number of hydrogen-bond acceptors (Lipinski definition) is 5. The van der Waals surface area contributed by atoms with Crippen molar-refractivity contribution in [3.63, 3.8) is 0 Å². The molecule has 0 amide bonds. The van der Waals surface area contributed by atoms with Crippen molar-refractivity contribution in [2.45, 2.75) is 39.8 Å². The number of nitrogens with one attached hydrogen (secondary N) is 2. The normalized spacial score (nSPS) is 11.9. The highest BCUT2D eigenvalue weighted by Gasteiger charge is 2.13. The van der Waals surface area contributed by atoms with Gasteiger partial charge in [0, 0.05) is 25.2 Å². The van der Waals surface area contributed by atoms with Gasteiger partial charge in [0.1, 0.15) is 11.8 Å². The summed E-state index contributed by atoms with van der Waals surface area (Å²) in [6.07, 6.45) is 3.17. The quantitative estimate of drug-likeness (QED) is 0.832. The number of aromatic nitrogens is 4. The van der Waals surface area contributed by atoms with Gasteiger partial charge in [0.25, 0.3) is 0 Å². The average molecular weight is 262 g/mol. The number of rotatable bonds is 6. The summed E-state index contributed by atoms with van der Waals surface area (Å²) in [6.45, 7) is 10.7. The lowest BCUT2D eigenvalue weighted by molar-refractivity contribution is 0.182. The highest BCUT2D eigenvalue weighted by atomic mass is 15.2. The zero-order valence-corrected chi connectivity index (χ0v) is 12.0. The van der Waals surface area contributed by atoms with Gasteiger partial charge in [-0.15, -0.1) is 0 Å². The molecule has 6 heteroatoms. The van der Waals surface area contributed by atoms with Crippen molar-refractivity contribution in [1.29, 1.82) is 0 Å². The molecule has 2 aromatic heterocycles. The molecule has 0 atom stereocenters. The monoisotopic (exact) mass is 262 g/mol. The molecule has 2 aromatic rings. The van der Waals surface area contributed by atoms with Crippen LogP contribution in [0, 0.1) is 0 Å². The molecule has 0 aliphatic carbocycles. The second-order valence-electron chi connectivity index (χ2n) is 5.18. The van der Waals surface area contributed by atoms with E-state index in [0.29, 0.717) is 17.7 Å². The Morgan fingerprint density at radius 1 is 1.16 bits per heavy atom. The van der Waals surface area contributed by atoms with Gasteiger partial charge in [-0.1, -0.05) is 0 Å². The molecule has 6 nitrogen and oxygen atoms in total. The van der Waals surface area contributed by atoms with Crippen LogP contribution < -0.4 is 5.32 Å². The average Bonchev–Trinajstić information content (AvgIpc) is 2.82. The van der Waals surface area contributed by atoms with Crippen LogP contribution in [0.4, 0.5) is 5.82 Å². The zero-order valence-electron chi connectivity index (χ0n) is 12.0. The molecular formula is C13H22N6. The SMILES string of the molecule is CC(C)N(CCNc1ncnc2nc[nH]c12)C(C)C. The number of anilines is 1. The number of imidazole rings is 1. The first-order valence-corrected chi connectivity index (χ1v) is 6.73. The molecule has 0 saturated carbocycles. The van der Waals surface area contributed by atoms with Crippen molar-refractivity contribution in [3.8, 4) is 0 Å². The van der Waals surface area contributed by atoms with Gasteiger partial charge in [-0.2, -0.15) is 0 Å². The Labute approximate surface area is 113 Å². The Bertz CT molecular complexity index is 511. The Kier molecular flexibility index (Phi) is 4.31. The Morgan fingerprint density at radius 2 is 1.89 bits per heavy atom. The fourth-order valence-electron chi connectivity index (χ4n) is 2.32. The Morgan fingerprint density at radius 3 is 2.58 bits per heavy atom. The summed E-state index contributed by atoms with van der Waals surface area (Å²) >= 11 is 0. The van der Waals surface area contributed by atoms with E-state index in [1.807, 2.05) is 0 Å². The van der Waals surface area contributed by atoms with Crippen LogP contribution in [0.3, 0.4) is 0 Å². The summed E-state index contributed by atoms with van der Waals surface area (Å²) in [5.41, 5.74) is 1.56. The maximum Gasteiger partial charge on any atom is 0.182 e. The number of nitrogens with zero attached hydrogens (tertiary/aromatic N) is 4. The van der Waals surface area contributed by atoms with Gasteiger partial charge in [-0.3, -0.25) is 4.90 Å². The highest BCUT2D eigenvalue weighted by Crippen LogP contribution is 2.14. The van der Waals surface area contributed by atoms with Crippen molar-refractivity contribution in [2.75, 3.05) is 18.4 Å². The minimum atomic E-state index is 0.541. The van der Waals surface area contributed by atoms with Crippen LogP contribution >= 0.6 is 0 Å². The lowest BCUT2D eigenvalue weighted by atomic mass is 10.2. The van der Waals surface area contributed by atoms with Gasteiger partial charge in [-0.05, 0) is 27.7 Å². The summed E-state index contributed by atoms with van der Waals surface area (Å²) in [6, 6.07) is 1.08. The van der Waals surface area contributed by atoms with E-state index in [4.69, 9.17) is 0 Å². The third-order valence-electron chi connectivity index (χ3n) is 3.21. The molecule has 2 heterocycles. The predicted octanol–water partition coefficient (Wildman–Crippen LogP) is 1.88. The van der Waals surface area contributed by atoms with Crippen molar-refractivity contribution >= 4 is 17.0 Å². The molecule has 0 spiro atoms. The molecule has 0 aliphatic heterocycles. The number of H-pyrrole nitrogens is 1. The topological polar surface area (TPSA) is 69.7 Å². The Balaban J connectivity index is 1.97. The van der Waals surface area contributed by atoms with Crippen LogP contribution in [0.5, 0.6) is 0 Å². The first-order valence-electron chi connectivity index (χ1n) is 6.73. The maximum absolute atomic E-state index is 4.25. The number of fused-ring (bicyclic) bond motifs is 1. The lowest BCUT2D eigenvalue weighted by Crippen LogP contribution is -2.40. The molecule has 0 radical (unpaired) electrons. The van der Waals surface area contributed by atoms with Gasteiger partial charge in [0.05, 0.1) is 6.33 Å². The molecule has 0 aliphatic rings. The van der Waals surface area contributed by atoms with E-state index in [9.17, 15) is 0 Å². The largest absolute Gasteiger partial charge is 0.367 e. The smallest absolute Gasteiger partial charge is 0.182 e. The molecule has 0 unspecified atom stereocenters. The molecule has 2 N–H and O–H groups in total. The fourth-order valence-corrected chi connectivity index (χ4v) is 2.32. The zero-order chi connectivity index (χ0) is 13.8. The molecule has 19 heavy (non-hydrogen) atoms. The van der Waals surface area contributed by atoms with E-state index >= 15 is 0 Å². The lowest BCUT2D eigenvalue weighted by Gasteiger charge is -2.30. The van der Waals surface area contributed by atoms with E-state index < -0.39 is 0 Å². The van der Waals surface area contributed by atoms with Gasteiger partial charge in [-0.25, -0.2) is 15.0 Å². The molecule has 0 saturated heterocycles. The summed E-state index contributed by atoms with van der Waals surface area (Å²) in [4.78, 5) is 18.0. The van der Waals surface area contributed by atoms with Crippen molar-refractivity contribution in [2.24, 2.45) is 0 Å². The van der Waals surface area contributed by atoms with E-state index in [2.05, 4.69) is 57.8 Å². The van der Waals surface area contributed by atoms with Gasteiger partial charge in [0.15, 0.2) is 11.5 Å². The van der Waals surface area contributed by atoms with Crippen LogP contribution in [0.15, 0.2) is 12.7 Å². The second-order valence-corrected chi connectivity index (χ2v) is 5.18. The summed E-state index contributed by atoms with van der Waals surface area (Å²) < 4.78 is 0. The fraction of sp³-hybridized carbons (Fsp3) is 0.615. The third-order valence-corrected chi connectivity index (χ3v) is 3.21. The molecule has 0 fully saturated rings. The van der Waals surface area contributed by atoms with Crippen LogP contribution in [0.2, 0.25) is 0 Å². The van der Waals surface area contributed by atoms with Crippen molar-refractivity contribution in [1.82, 2.24) is 24.8 Å². The van der Waals surface area contributed by atoms with Crippen LogP contribution in [-0.4, -0.2) is 50.0 Å². The van der Waals surface area contributed by atoms with Gasteiger partial charge in [0.2, 0.25) is 0 Å². The van der Waals surface area contributed by atoms with Crippen molar-refractivity contribution in [3.05, 3.63) is 12.7 Å². The van der Waals surface area contributed by atoms with Crippen LogP contribution in [0.1, 0.15) is 27.7 Å². The standard InChI is InChI=1S/C13H22N6/c1-9(2)19(10(3)4)6-5-14-12-11-13(16-7-15-11)18-8-17-12/h7-10H,5-6H2,1-4H3,(H2,14,15,16,17,18). The minimum Gasteiger partial charge on any atom is -0.367 e. The van der Waals surface area contributed by atoms with E-state index in [-0.39, 0.29) is 0 Å². The van der Waals surface area contributed by atoms with Crippen LogP contribution in [-0.2, 0) is 0 Å². The molecule has 104 valence electrons. The van der Waals surface area contributed by atoms with E-state index in [1.54, 1.807) is 6.33 Å². The third kappa shape index (κ3) is 3.20. The molecule has 0 bridgehead atoms. The molecule has 0 aromatic carbocycles. The molecular weight excluding hydrogens is 240 g/mol. The summed E-state index contributed by atoms with van der Waals surface area (Å²) in [5.74, 6) is 0.815. The second kappa shape index (κ2) is 5.97. The van der Waals surface area contributed by atoms with Gasteiger partial charge < -0.3 is 10.3 Å². The highest BCUT2D eigenvalue weighted by molar-refractivity contribution is 5.81. The van der Waals surface area contributed by atoms with Gasteiger partial charge >= 0.3 is 0 Å². The first-order chi connectivity index (χ1) is 9.09. The maximum atomic E-state index is 4.25. The molecule has 2 rings (SSSR count). The van der Waals surface area contributed by atoms with E-state index in [1.165, 1.54) is 6.33 Å². The Hall–Kier alpha value is -1.69. The first kappa shape index (κ1) is 13.7. The summed E-state index contributed by atoms with van der Waals surface area (Å²) in [7, 11) is 0. The predicted molar refractivity (Wildman–Crippen MR) is 77.2 cm³/mol.